The van der Waals surface area contributed by atoms with E-state index in [1.165, 1.54) is 0 Å². The number of rotatable bonds is 1. The van der Waals surface area contributed by atoms with Gasteiger partial charge in [-0.3, -0.25) is 14.9 Å². The molecule has 154 valence electrons. The molecule has 0 aromatic heterocycles. The van der Waals surface area contributed by atoms with Crippen molar-refractivity contribution in [3.05, 3.63) is 10.1 Å². The molecule has 2 aliphatic heterocycles. The Balaban J connectivity index is 0.000000405. The monoisotopic (exact) mass is 385 g/mol. The third-order valence-corrected chi connectivity index (χ3v) is 3.68. The predicted octanol–water partition coefficient (Wildman–Crippen LogP) is -2.70. The minimum atomic E-state index is -1.44. The molecule has 2 aliphatic rings. The summed E-state index contributed by atoms with van der Waals surface area (Å²) in [6.07, 6.45) is -4.29. The number of hydrogen-bond donors (Lipinski definition) is 6. The zero-order valence-corrected chi connectivity index (χ0v) is 15.0. The lowest BCUT2D eigenvalue weighted by atomic mass is 10.0. The first kappa shape index (κ1) is 24.6. The van der Waals surface area contributed by atoms with Gasteiger partial charge in [-0.1, -0.05) is 0 Å². The molecular weight excluding hydrogens is 356 g/mol. The number of nitrogens with zero attached hydrogens (tertiary/aromatic N) is 1. The SMILES string of the molecule is CC(=O)O.C[C@@H]1CC([N+](=O)[O-])C(O)[C@@H](O)O1.C[C@@H]1CC([NH3+])C(O)[C@@H](O)O1. The summed E-state index contributed by atoms with van der Waals surface area (Å²) in [4.78, 5) is 18.7. The summed E-state index contributed by atoms with van der Waals surface area (Å²) >= 11 is 0. The van der Waals surface area contributed by atoms with Gasteiger partial charge in [0.2, 0.25) is 6.04 Å². The third-order valence-electron chi connectivity index (χ3n) is 3.68. The molecule has 2 fully saturated rings. The van der Waals surface area contributed by atoms with Crippen molar-refractivity contribution in [3.63, 3.8) is 0 Å². The van der Waals surface area contributed by atoms with Gasteiger partial charge in [-0.25, -0.2) is 0 Å². The van der Waals surface area contributed by atoms with Gasteiger partial charge in [0.05, 0.1) is 12.2 Å². The fourth-order valence-corrected chi connectivity index (χ4v) is 2.43. The molecule has 12 heteroatoms. The van der Waals surface area contributed by atoms with Crippen LogP contribution in [0.1, 0.15) is 33.6 Å². The summed E-state index contributed by atoms with van der Waals surface area (Å²) in [6, 6.07) is -1.23. The van der Waals surface area contributed by atoms with Crippen molar-refractivity contribution in [1.29, 1.82) is 0 Å². The molecule has 0 aromatic rings. The second kappa shape index (κ2) is 11.3. The second-order valence-corrected chi connectivity index (χ2v) is 6.26. The van der Waals surface area contributed by atoms with E-state index in [1.54, 1.807) is 6.92 Å². The molecule has 0 aliphatic carbocycles. The molecule has 2 heterocycles. The number of quaternary nitrogens is 1. The van der Waals surface area contributed by atoms with Gasteiger partial charge in [0.15, 0.2) is 24.8 Å². The lowest BCUT2D eigenvalue weighted by molar-refractivity contribution is -0.550. The number of ether oxygens (including phenoxy) is 2. The van der Waals surface area contributed by atoms with Crippen LogP contribution in [0, 0.1) is 10.1 Å². The van der Waals surface area contributed by atoms with Gasteiger partial charge in [0.25, 0.3) is 5.97 Å². The average Bonchev–Trinajstić information content (AvgIpc) is 2.48. The van der Waals surface area contributed by atoms with Gasteiger partial charge in [0, 0.05) is 24.7 Å². The summed E-state index contributed by atoms with van der Waals surface area (Å²) in [6.45, 7) is 4.55. The molecule has 2 saturated heterocycles. The molecule has 0 spiro atoms. The fourth-order valence-electron chi connectivity index (χ4n) is 2.43. The van der Waals surface area contributed by atoms with Gasteiger partial charge < -0.3 is 40.7 Å². The molecule has 0 aromatic carbocycles. The van der Waals surface area contributed by atoms with Crippen LogP contribution in [0.25, 0.3) is 0 Å². The Morgan fingerprint density at radius 2 is 1.42 bits per heavy atom. The Bertz CT molecular complexity index is 435. The van der Waals surface area contributed by atoms with Crippen molar-refractivity contribution >= 4 is 5.97 Å². The van der Waals surface area contributed by atoms with E-state index in [9.17, 15) is 10.1 Å². The van der Waals surface area contributed by atoms with E-state index < -0.39 is 47.8 Å². The zero-order chi connectivity index (χ0) is 20.6. The minimum Gasteiger partial charge on any atom is -0.481 e. The van der Waals surface area contributed by atoms with E-state index in [2.05, 4.69) is 5.73 Å². The Morgan fingerprint density at radius 1 is 1.04 bits per heavy atom. The van der Waals surface area contributed by atoms with Crippen molar-refractivity contribution in [2.75, 3.05) is 0 Å². The first-order valence-corrected chi connectivity index (χ1v) is 8.06. The van der Waals surface area contributed by atoms with Gasteiger partial charge in [-0.05, 0) is 13.8 Å². The zero-order valence-electron chi connectivity index (χ0n) is 15.0. The van der Waals surface area contributed by atoms with E-state index in [0.29, 0.717) is 6.42 Å². The highest BCUT2D eigenvalue weighted by atomic mass is 16.6. The lowest BCUT2D eigenvalue weighted by Gasteiger charge is -2.30. The molecule has 0 amide bonds. The van der Waals surface area contributed by atoms with Gasteiger partial charge in [-0.2, -0.15) is 0 Å². The first-order chi connectivity index (χ1) is 11.9. The molecule has 8 N–H and O–H groups in total. The largest absolute Gasteiger partial charge is 0.481 e. The summed E-state index contributed by atoms with van der Waals surface area (Å²) in [5.41, 5.74) is 3.69. The maximum atomic E-state index is 10.3. The van der Waals surface area contributed by atoms with Crippen LogP contribution in [0.2, 0.25) is 0 Å². The summed E-state index contributed by atoms with van der Waals surface area (Å²) in [7, 11) is 0. The van der Waals surface area contributed by atoms with Crippen LogP contribution >= 0.6 is 0 Å². The normalized spacial score (nSPS) is 39.5. The number of aliphatic hydroxyl groups is 4. The maximum Gasteiger partial charge on any atom is 0.300 e. The quantitative estimate of drug-likeness (QED) is 0.203. The Kier molecular flexibility index (Phi) is 10.7. The summed E-state index contributed by atoms with van der Waals surface area (Å²) < 4.78 is 9.71. The highest BCUT2D eigenvalue weighted by Crippen LogP contribution is 2.20. The van der Waals surface area contributed by atoms with Crippen LogP contribution in [0.3, 0.4) is 0 Å². The van der Waals surface area contributed by atoms with E-state index in [1.807, 2.05) is 6.92 Å². The molecular formula is C14H29N2O10+. The number of nitro groups is 1. The number of carbonyl (C=O) groups is 1. The standard InChI is InChI=1S/C6H11NO5.C6H13NO3.C2H4O2/c1-3-2-4(7(10)11)5(8)6(9)12-3;1-3-2-4(7)5(8)6(9)10-3;1-2(3)4/h3-6,8-9H,2H2,1H3;3-6,8-9H,2,7H2,1H3;1H3,(H,3,4)/p+1/t2*3-,4?,5?,6+;/m11./s1. The van der Waals surface area contributed by atoms with Crippen molar-refractivity contribution in [3.8, 4) is 0 Å². The summed E-state index contributed by atoms with van der Waals surface area (Å²) in [5.74, 6) is -0.833. The van der Waals surface area contributed by atoms with E-state index in [4.69, 9.17) is 39.8 Å². The lowest BCUT2D eigenvalue weighted by Crippen LogP contribution is -2.71. The van der Waals surface area contributed by atoms with E-state index in [0.717, 1.165) is 6.92 Å². The molecule has 2 rings (SSSR count). The van der Waals surface area contributed by atoms with Crippen molar-refractivity contribution < 1.29 is 50.5 Å². The number of carboxylic acid groups (broad SMARTS) is 1. The topological polar surface area (TPSA) is 207 Å². The molecule has 12 nitrogen and oxygen atoms in total. The van der Waals surface area contributed by atoms with Crippen LogP contribution in [-0.4, -0.2) is 85.5 Å². The van der Waals surface area contributed by atoms with Crippen molar-refractivity contribution in [2.45, 2.75) is 82.7 Å². The van der Waals surface area contributed by atoms with E-state index >= 15 is 0 Å². The Hall–Kier alpha value is -1.41. The molecule has 26 heavy (non-hydrogen) atoms. The molecule has 0 saturated carbocycles. The number of carboxylic acids is 1. The molecule has 0 bridgehead atoms. The molecule has 0 radical (unpaired) electrons. The highest BCUT2D eigenvalue weighted by molar-refractivity contribution is 5.62. The average molecular weight is 385 g/mol. The van der Waals surface area contributed by atoms with E-state index in [-0.39, 0.29) is 18.6 Å². The number of hydrogen-bond acceptors (Lipinski definition) is 9. The smallest absolute Gasteiger partial charge is 0.300 e. The van der Waals surface area contributed by atoms with Crippen LogP contribution in [-0.2, 0) is 14.3 Å². The number of aliphatic hydroxyl groups excluding tert-OH is 4. The van der Waals surface area contributed by atoms with Crippen LogP contribution in [0.15, 0.2) is 0 Å². The first-order valence-electron chi connectivity index (χ1n) is 8.06. The molecule has 8 atom stereocenters. The van der Waals surface area contributed by atoms with Crippen LogP contribution in [0.4, 0.5) is 0 Å². The van der Waals surface area contributed by atoms with Gasteiger partial charge in [0.1, 0.15) is 6.04 Å². The maximum absolute atomic E-state index is 10.3. The Morgan fingerprint density at radius 3 is 1.81 bits per heavy atom. The molecule has 4 unspecified atom stereocenters. The fraction of sp³-hybridized carbons (Fsp3) is 0.929. The highest BCUT2D eigenvalue weighted by Gasteiger charge is 2.42. The Labute approximate surface area is 150 Å². The van der Waals surface area contributed by atoms with Crippen LogP contribution in [0.5, 0.6) is 0 Å². The minimum absolute atomic E-state index is 0.000833. The summed E-state index contributed by atoms with van der Waals surface area (Å²) in [5, 5.41) is 54.0. The van der Waals surface area contributed by atoms with Gasteiger partial charge in [-0.15, -0.1) is 0 Å². The van der Waals surface area contributed by atoms with Crippen molar-refractivity contribution in [1.82, 2.24) is 0 Å². The van der Waals surface area contributed by atoms with Crippen molar-refractivity contribution in [2.24, 2.45) is 0 Å². The number of aliphatic carboxylic acids is 1. The third kappa shape index (κ3) is 8.80. The second-order valence-electron chi connectivity index (χ2n) is 6.26. The predicted molar refractivity (Wildman–Crippen MR) is 85.1 cm³/mol. The van der Waals surface area contributed by atoms with Crippen LogP contribution < -0.4 is 5.73 Å². The van der Waals surface area contributed by atoms with Gasteiger partial charge >= 0.3 is 0 Å².